The molecule has 0 aromatic heterocycles. The number of carbonyl (C=O) groups is 2. The van der Waals surface area contributed by atoms with Crippen LogP contribution in [0.25, 0.3) is 0 Å². The third kappa shape index (κ3) is 15.1. The first-order valence-electron chi connectivity index (χ1n) is 9.62. The highest BCUT2D eigenvalue weighted by molar-refractivity contribution is 7.46. The van der Waals surface area contributed by atoms with Crippen LogP contribution in [0.2, 0.25) is 0 Å². The van der Waals surface area contributed by atoms with Gasteiger partial charge in [0.25, 0.3) is 0 Å². The molecule has 2 amide bonds. The van der Waals surface area contributed by atoms with E-state index in [2.05, 4.69) is 22.5 Å². The van der Waals surface area contributed by atoms with Gasteiger partial charge in [-0.1, -0.05) is 33.1 Å². The normalized spacial score (nSPS) is 13.4. The first kappa shape index (κ1) is 24.8. The van der Waals surface area contributed by atoms with Crippen LogP contribution in [0.3, 0.4) is 0 Å². The number of unbranched alkanes of at least 4 members (excludes halogenated alkanes) is 3. The first-order valence-corrected chi connectivity index (χ1v) is 11.2. The number of hydrogen-bond donors (Lipinski definition) is 2. The maximum Gasteiger partial charge on any atom is 0.228 e. The standard InChI is InChI=1S/C18H36N3O4P/c1-5-8-10-12-18(23)21-14-16(13-20-17(22)11-9-6-2)25-26(4)24-15-19-7-3/h15-16H,5-14H2,1-4H3,(H,20,22)(H,21,23). The molecule has 0 saturated carbocycles. The van der Waals surface area contributed by atoms with Gasteiger partial charge >= 0.3 is 0 Å². The van der Waals surface area contributed by atoms with E-state index in [1.54, 1.807) is 0 Å². The second kappa shape index (κ2) is 17.2. The highest BCUT2D eigenvalue weighted by Crippen LogP contribution is 2.33. The third-order valence-electron chi connectivity index (χ3n) is 3.57. The topological polar surface area (TPSA) is 89.0 Å². The van der Waals surface area contributed by atoms with Gasteiger partial charge in [0, 0.05) is 39.1 Å². The van der Waals surface area contributed by atoms with Crippen molar-refractivity contribution in [3.05, 3.63) is 0 Å². The molecular formula is C18H36N3O4P. The van der Waals surface area contributed by atoms with Crippen LogP contribution < -0.4 is 10.6 Å². The van der Waals surface area contributed by atoms with Crippen LogP contribution in [0.4, 0.5) is 0 Å². The van der Waals surface area contributed by atoms with Crippen LogP contribution in [0, 0.1) is 0 Å². The number of hydrogen-bond acceptors (Lipinski definition) is 5. The van der Waals surface area contributed by atoms with E-state index >= 15 is 0 Å². The van der Waals surface area contributed by atoms with Gasteiger partial charge in [-0.15, -0.1) is 0 Å². The van der Waals surface area contributed by atoms with Gasteiger partial charge in [-0.3, -0.25) is 14.6 Å². The molecule has 152 valence electrons. The van der Waals surface area contributed by atoms with E-state index in [-0.39, 0.29) is 17.9 Å². The molecule has 0 saturated heterocycles. The van der Waals surface area contributed by atoms with Gasteiger partial charge in [0.15, 0.2) is 6.40 Å². The summed E-state index contributed by atoms with van der Waals surface area (Å²) in [5.74, 6) is 0.0156. The Balaban J connectivity index is 4.39. The van der Waals surface area contributed by atoms with Crippen molar-refractivity contribution >= 4 is 26.6 Å². The second-order valence-corrected chi connectivity index (χ2v) is 7.35. The number of amides is 2. The zero-order chi connectivity index (χ0) is 19.6. The summed E-state index contributed by atoms with van der Waals surface area (Å²) in [6.45, 7) is 9.24. The lowest BCUT2D eigenvalue weighted by Crippen LogP contribution is -2.40. The van der Waals surface area contributed by atoms with Crippen molar-refractivity contribution in [1.82, 2.24) is 10.6 Å². The fraction of sp³-hybridized carbons (Fsp3) is 0.833. The molecule has 0 bridgehead atoms. The number of carbonyl (C=O) groups excluding carboxylic acids is 2. The van der Waals surface area contributed by atoms with E-state index in [0.717, 1.165) is 32.1 Å². The first-order chi connectivity index (χ1) is 12.5. The number of aliphatic imine (C=N–C) groups is 1. The molecular weight excluding hydrogens is 353 g/mol. The molecule has 2 N–H and O–H groups in total. The average molecular weight is 389 g/mol. The largest absolute Gasteiger partial charge is 0.437 e. The zero-order valence-electron chi connectivity index (χ0n) is 16.8. The van der Waals surface area contributed by atoms with Crippen molar-refractivity contribution < 1.29 is 18.6 Å². The van der Waals surface area contributed by atoms with E-state index in [1.165, 1.54) is 6.40 Å². The molecule has 8 heteroatoms. The fourth-order valence-corrected chi connectivity index (χ4v) is 2.88. The Morgan fingerprint density at radius 1 is 1.00 bits per heavy atom. The zero-order valence-corrected chi connectivity index (χ0v) is 17.6. The number of nitrogens with zero attached hydrogens (tertiary/aromatic N) is 1. The predicted molar refractivity (Wildman–Crippen MR) is 108 cm³/mol. The third-order valence-corrected chi connectivity index (χ3v) is 4.55. The lowest BCUT2D eigenvalue weighted by molar-refractivity contribution is -0.121. The van der Waals surface area contributed by atoms with Gasteiger partial charge in [0.05, 0.1) is 6.10 Å². The minimum atomic E-state index is -1.17. The molecule has 0 aliphatic carbocycles. The van der Waals surface area contributed by atoms with E-state index in [0.29, 0.717) is 32.5 Å². The van der Waals surface area contributed by atoms with Crippen LogP contribution >= 0.6 is 8.38 Å². The second-order valence-electron chi connectivity index (χ2n) is 6.05. The Labute approximate surface area is 159 Å². The quantitative estimate of drug-likeness (QED) is 0.183. The van der Waals surface area contributed by atoms with Crippen molar-refractivity contribution in [2.24, 2.45) is 4.99 Å². The molecule has 0 aromatic carbocycles. The predicted octanol–water partition coefficient (Wildman–Crippen LogP) is 3.38. The molecule has 0 aliphatic heterocycles. The van der Waals surface area contributed by atoms with Crippen molar-refractivity contribution in [3.63, 3.8) is 0 Å². The lowest BCUT2D eigenvalue weighted by atomic mass is 10.2. The van der Waals surface area contributed by atoms with Gasteiger partial charge in [0.1, 0.15) is 0 Å². The molecule has 0 aliphatic rings. The Hall–Kier alpha value is -1.20. The maximum absolute atomic E-state index is 11.9. The molecule has 0 rings (SSSR count). The Bertz CT molecular complexity index is 408. The van der Waals surface area contributed by atoms with Crippen molar-refractivity contribution in [1.29, 1.82) is 0 Å². The van der Waals surface area contributed by atoms with Gasteiger partial charge in [0.2, 0.25) is 20.2 Å². The number of rotatable bonds is 16. The molecule has 26 heavy (non-hydrogen) atoms. The minimum Gasteiger partial charge on any atom is -0.437 e. The molecule has 0 radical (unpaired) electrons. The molecule has 0 heterocycles. The highest BCUT2D eigenvalue weighted by Gasteiger charge is 2.17. The Morgan fingerprint density at radius 3 is 2.12 bits per heavy atom. The SMILES string of the molecule is CCCCCC(=O)NCC(CNC(=O)CCCC)OP(C)OC=NCC. The van der Waals surface area contributed by atoms with Gasteiger partial charge < -0.3 is 19.7 Å². The minimum absolute atomic E-state index is 0.00335. The van der Waals surface area contributed by atoms with Crippen molar-refractivity contribution in [2.45, 2.75) is 71.8 Å². The summed E-state index contributed by atoms with van der Waals surface area (Å²) in [6.07, 6.45) is 6.95. The molecule has 0 fully saturated rings. The molecule has 0 spiro atoms. The van der Waals surface area contributed by atoms with Gasteiger partial charge in [-0.25, -0.2) is 0 Å². The smallest absolute Gasteiger partial charge is 0.228 e. The maximum atomic E-state index is 11.9. The summed E-state index contributed by atoms with van der Waals surface area (Å²) < 4.78 is 11.2. The fourth-order valence-electron chi connectivity index (χ4n) is 2.06. The van der Waals surface area contributed by atoms with Crippen LogP contribution in [0.15, 0.2) is 4.99 Å². The molecule has 0 aromatic rings. The summed E-state index contributed by atoms with van der Waals surface area (Å²) in [5.41, 5.74) is 0. The van der Waals surface area contributed by atoms with E-state index < -0.39 is 8.38 Å². The van der Waals surface area contributed by atoms with Gasteiger partial charge in [-0.2, -0.15) is 0 Å². The van der Waals surface area contributed by atoms with Crippen molar-refractivity contribution in [3.8, 4) is 0 Å². The van der Waals surface area contributed by atoms with Gasteiger partial charge in [-0.05, 0) is 19.8 Å². The average Bonchev–Trinajstić information content (AvgIpc) is 2.62. The molecule has 7 nitrogen and oxygen atoms in total. The molecule has 2 unspecified atom stereocenters. The van der Waals surface area contributed by atoms with Crippen LogP contribution in [-0.4, -0.2) is 50.6 Å². The van der Waals surface area contributed by atoms with E-state index in [9.17, 15) is 9.59 Å². The highest BCUT2D eigenvalue weighted by atomic mass is 31.2. The van der Waals surface area contributed by atoms with Crippen LogP contribution in [0.5, 0.6) is 0 Å². The van der Waals surface area contributed by atoms with Crippen molar-refractivity contribution in [2.75, 3.05) is 26.3 Å². The summed E-state index contributed by atoms with van der Waals surface area (Å²) in [5, 5.41) is 5.76. The van der Waals surface area contributed by atoms with Crippen LogP contribution in [-0.2, 0) is 18.6 Å². The Kier molecular flexibility index (Phi) is 16.4. The Morgan fingerprint density at radius 2 is 1.58 bits per heavy atom. The van der Waals surface area contributed by atoms with Crippen LogP contribution in [0.1, 0.15) is 65.7 Å². The monoisotopic (exact) mass is 389 g/mol. The lowest BCUT2D eigenvalue weighted by Gasteiger charge is -2.21. The summed E-state index contributed by atoms with van der Waals surface area (Å²) in [4.78, 5) is 27.7. The van der Waals surface area contributed by atoms with E-state index in [1.807, 2.05) is 20.5 Å². The summed E-state index contributed by atoms with van der Waals surface area (Å²) in [7, 11) is -1.17. The summed E-state index contributed by atoms with van der Waals surface area (Å²) in [6, 6.07) is 0. The number of nitrogens with one attached hydrogen (secondary N) is 2. The molecule has 2 atom stereocenters. The van der Waals surface area contributed by atoms with E-state index in [4.69, 9.17) is 9.05 Å². The summed E-state index contributed by atoms with van der Waals surface area (Å²) >= 11 is 0.